The van der Waals surface area contributed by atoms with Crippen LogP contribution in [-0.2, 0) is 0 Å². The minimum Gasteiger partial charge on any atom is -0.497 e. The molecule has 0 unspecified atom stereocenters. The van der Waals surface area contributed by atoms with E-state index >= 15 is 0 Å². The Morgan fingerprint density at radius 3 is 2.60 bits per heavy atom. The first-order valence-electron chi connectivity index (χ1n) is 7.44. The van der Waals surface area contributed by atoms with E-state index in [4.69, 9.17) is 4.74 Å². The molecule has 0 saturated carbocycles. The number of nitrogens with zero attached hydrogens (tertiary/aromatic N) is 2. The van der Waals surface area contributed by atoms with Gasteiger partial charge < -0.3 is 4.74 Å². The summed E-state index contributed by atoms with van der Waals surface area (Å²) < 4.78 is 6.07. The van der Waals surface area contributed by atoms with Crippen LogP contribution < -0.4 is 10.2 Å². The number of carbonyl (C=O) groups excluding carboxylic acids is 1. The number of hydrazone groups is 1. The topological polar surface area (TPSA) is 79.4 Å². The molecule has 2 aromatic carbocycles. The van der Waals surface area contributed by atoms with Crippen LogP contribution in [0.3, 0.4) is 0 Å². The molecule has 7 heteroatoms. The van der Waals surface area contributed by atoms with Gasteiger partial charge in [-0.05, 0) is 48.5 Å². The predicted molar refractivity (Wildman–Crippen MR) is 99.8 cm³/mol. The van der Waals surface area contributed by atoms with Gasteiger partial charge in [0.25, 0.3) is 5.91 Å². The number of hydrogen-bond acceptors (Lipinski definition) is 4. The molecule has 0 aliphatic rings. The molecule has 6 nitrogen and oxygen atoms in total. The molecular formula is C18H15BrN4O2. The highest BCUT2D eigenvalue weighted by molar-refractivity contribution is 9.10. The summed E-state index contributed by atoms with van der Waals surface area (Å²) in [7, 11) is 1.62. The molecule has 0 saturated heterocycles. The molecule has 0 radical (unpaired) electrons. The molecule has 0 aliphatic heterocycles. The Bertz CT molecular complexity index is 886. The van der Waals surface area contributed by atoms with Crippen molar-refractivity contribution in [1.29, 1.82) is 0 Å². The van der Waals surface area contributed by atoms with Crippen molar-refractivity contribution in [3.63, 3.8) is 0 Å². The fourth-order valence-corrected chi connectivity index (χ4v) is 2.47. The van der Waals surface area contributed by atoms with Gasteiger partial charge in [-0.25, -0.2) is 5.43 Å². The lowest BCUT2D eigenvalue weighted by atomic mass is 10.1. The summed E-state index contributed by atoms with van der Waals surface area (Å²) in [5.41, 5.74) is 5.56. The third-order valence-electron chi connectivity index (χ3n) is 3.52. The Kier molecular flexibility index (Phi) is 5.25. The molecule has 1 amide bonds. The fourth-order valence-electron chi connectivity index (χ4n) is 2.21. The van der Waals surface area contributed by atoms with E-state index in [-0.39, 0.29) is 5.91 Å². The zero-order chi connectivity index (χ0) is 17.6. The average Bonchev–Trinajstić information content (AvgIpc) is 3.11. The lowest BCUT2D eigenvalue weighted by Gasteiger charge is -2.03. The van der Waals surface area contributed by atoms with Gasteiger partial charge >= 0.3 is 0 Å². The Balaban J connectivity index is 1.71. The quantitative estimate of drug-likeness (QED) is 0.508. The van der Waals surface area contributed by atoms with Gasteiger partial charge in [-0.3, -0.25) is 9.89 Å². The number of hydrogen-bond donors (Lipinski definition) is 2. The normalized spacial score (nSPS) is 10.8. The maximum absolute atomic E-state index is 12.0. The van der Waals surface area contributed by atoms with Gasteiger partial charge in [0, 0.05) is 21.2 Å². The zero-order valence-corrected chi connectivity index (χ0v) is 14.9. The highest BCUT2D eigenvalue weighted by Crippen LogP contribution is 2.22. The first-order chi connectivity index (χ1) is 12.2. The second kappa shape index (κ2) is 7.76. The van der Waals surface area contributed by atoms with Crippen LogP contribution in [0.15, 0.2) is 64.3 Å². The Hall–Kier alpha value is -2.93. The number of amides is 1. The van der Waals surface area contributed by atoms with Crippen molar-refractivity contribution < 1.29 is 9.53 Å². The van der Waals surface area contributed by atoms with Crippen LogP contribution in [-0.4, -0.2) is 29.4 Å². The number of nitrogens with one attached hydrogen (secondary N) is 2. The van der Waals surface area contributed by atoms with E-state index in [0.717, 1.165) is 27.0 Å². The second-order valence-electron chi connectivity index (χ2n) is 5.13. The third-order valence-corrected chi connectivity index (χ3v) is 4.05. The van der Waals surface area contributed by atoms with Crippen LogP contribution in [0.1, 0.15) is 15.9 Å². The van der Waals surface area contributed by atoms with Crippen molar-refractivity contribution in [1.82, 2.24) is 15.6 Å². The van der Waals surface area contributed by atoms with Crippen LogP contribution in [0.2, 0.25) is 0 Å². The standard InChI is InChI=1S/C18H15BrN4O2/c1-25-16-8-4-12(5-9-16)17-14(10-20-22-17)11-21-23-18(24)13-2-6-15(19)7-3-13/h2-11H,1H3,(H,20,22)(H,23,24)/b21-11-. The first-order valence-corrected chi connectivity index (χ1v) is 8.23. The van der Waals surface area contributed by atoms with E-state index in [2.05, 4.69) is 36.7 Å². The van der Waals surface area contributed by atoms with Crippen LogP contribution >= 0.6 is 15.9 Å². The number of ether oxygens (including phenoxy) is 1. The van der Waals surface area contributed by atoms with Gasteiger partial charge in [-0.2, -0.15) is 10.2 Å². The highest BCUT2D eigenvalue weighted by atomic mass is 79.9. The third kappa shape index (κ3) is 4.13. The summed E-state index contributed by atoms with van der Waals surface area (Å²) >= 11 is 3.33. The van der Waals surface area contributed by atoms with Crippen LogP contribution in [0.4, 0.5) is 0 Å². The molecule has 0 fully saturated rings. The molecule has 2 N–H and O–H groups in total. The minimum absolute atomic E-state index is 0.279. The van der Waals surface area contributed by atoms with Crippen molar-refractivity contribution in [3.8, 4) is 17.0 Å². The van der Waals surface area contributed by atoms with Gasteiger partial charge in [0.05, 0.1) is 25.2 Å². The Labute approximate surface area is 153 Å². The molecule has 1 heterocycles. The first kappa shape index (κ1) is 16.9. The summed E-state index contributed by atoms with van der Waals surface area (Å²) in [4.78, 5) is 12.0. The SMILES string of the molecule is COc1ccc(-c2[nH]ncc2/C=N\NC(=O)c2ccc(Br)cc2)cc1. The van der Waals surface area contributed by atoms with Gasteiger partial charge in [0.2, 0.25) is 0 Å². The van der Waals surface area contributed by atoms with Crippen LogP contribution in [0.5, 0.6) is 5.75 Å². The number of benzene rings is 2. The number of halogens is 1. The summed E-state index contributed by atoms with van der Waals surface area (Å²) in [6, 6.07) is 14.6. The summed E-state index contributed by atoms with van der Waals surface area (Å²) in [5, 5.41) is 11.0. The molecule has 0 bridgehead atoms. The van der Waals surface area contributed by atoms with Crippen molar-refractivity contribution in [2.45, 2.75) is 0 Å². The smallest absolute Gasteiger partial charge is 0.271 e. The molecule has 25 heavy (non-hydrogen) atoms. The van der Waals surface area contributed by atoms with E-state index in [0.29, 0.717) is 5.56 Å². The van der Waals surface area contributed by atoms with Crippen LogP contribution in [0, 0.1) is 0 Å². The van der Waals surface area contributed by atoms with Gasteiger partial charge in [0.1, 0.15) is 5.75 Å². The molecule has 3 rings (SSSR count). The maximum atomic E-state index is 12.0. The predicted octanol–water partition coefficient (Wildman–Crippen LogP) is 3.61. The summed E-state index contributed by atoms with van der Waals surface area (Å²) in [5.74, 6) is 0.499. The van der Waals surface area contributed by atoms with Gasteiger partial charge in [-0.15, -0.1) is 0 Å². The number of aromatic amines is 1. The lowest BCUT2D eigenvalue weighted by Crippen LogP contribution is -2.17. The Morgan fingerprint density at radius 1 is 1.20 bits per heavy atom. The summed E-state index contributed by atoms with van der Waals surface area (Å²) in [6.07, 6.45) is 3.20. The number of carbonyl (C=O) groups is 1. The van der Waals surface area contributed by atoms with Gasteiger partial charge in [0.15, 0.2) is 0 Å². The number of aromatic nitrogens is 2. The van der Waals surface area contributed by atoms with E-state index in [9.17, 15) is 4.79 Å². The van der Waals surface area contributed by atoms with E-state index < -0.39 is 0 Å². The molecule has 0 atom stereocenters. The van der Waals surface area contributed by atoms with Crippen molar-refractivity contribution in [3.05, 3.63) is 70.3 Å². The number of methoxy groups -OCH3 is 1. The minimum atomic E-state index is -0.279. The largest absolute Gasteiger partial charge is 0.497 e. The molecule has 3 aromatic rings. The summed E-state index contributed by atoms with van der Waals surface area (Å²) in [6.45, 7) is 0. The average molecular weight is 399 g/mol. The molecular weight excluding hydrogens is 384 g/mol. The fraction of sp³-hybridized carbons (Fsp3) is 0.0556. The van der Waals surface area contributed by atoms with E-state index in [1.165, 1.54) is 0 Å². The highest BCUT2D eigenvalue weighted by Gasteiger charge is 2.07. The molecule has 1 aromatic heterocycles. The van der Waals surface area contributed by atoms with Gasteiger partial charge in [-0.1, -0.05) is 15.9 Å². The number of H-pyrrole nitrogens is 1. The van der Waals surface area contributed by atoms with Crippen molar-refractivity contribution in [2.24, 2.45) is 5.10 Å². The maximum Gasteiger partial charge on any atom is 0.271 e. The van der Waals surface area contributed by atoms with Crippen molar-refractivity contribution in [2.75, 3.05) is 7.11 Å². The van der Waals surface area contributed by atoms with Crippen molar-refractivity contribution >= 4 is 28.1 Å². The monoisotopic (exact) mass is 398 g/mol. The second-order valence-corrected chi connectivity index (χ2v) is 6.05. The van der Waals surface area contributed by atoms with Crippen LogP contribution in [0.25, 0.3) is 11.3 Å². The lowest BCUT2D eigenvalue weighted by molar-refractivity contribution is 0.0955. The molecule has 126 valence electrons. The molecule has 0 spiro atoms. The zero-order valence-electron chi connectivity index (χ0n) is 13.4. The molecule has 0 aliphatic carbocycles. The Morgan fingerprint density at radius 2 is 1.92 bits per heavy atom. The van der Waals surface area contributed by atoms with E-state index in [1.54, 1.807) is 43.8 Å². The van der Waals surface area contributed by atoms with E-state index in [1.807, 2.05) is 24.3 Å². The number of rotatable bonds is 5.